The molecule has 2 aromatic rings. The number of imide groups is 1. The van der Waals surface area contributed by atoms with Gasteiger partial charge in [-0.1, -0.05) is 55.2 Å². The van der Waals surface area contributed by atoms with Gasteiger partial charge >= 0.3 is 0 Å². The van der Waals surface area contributed by atoms with Crippen molar-refractivity contribution in [1.29, 1.82) is 0 Å². The van der Waals surface area contributed by atoms with E-state index < -0.39 is 11.8 Å². The summed E-state index contributed by atoms with van der Waals surface area (Å²) in [5, 5.41) is 3.34. The summed E-state index contributed by atoms with van der Waals surface area (Å²) in [7, 11) is 0. The fourth-order valence-electron chi connectivity index (χ4n) is 2.72. The molecule has 1 aliphatic rings. The predicted molar refractivity (Wildman–Crippen MR) is 106 cm³/mol. The van der Waals surface area contributed by atoms with Gasteiger partial charge in [-0.05, 0) is 48.2 Å². The molecule has 2 amide bonds. The van der Waals surface area contributed by atoms with Crippen LogP contribution in [0.15, 0.2) is 53.2 Å². The highest BCUT2D eigenvalue weighted by Crippen LogP contribution is 2.32. The van der Waals surface area contributed by atoms with E-state index in [-0.39, 0.29) is 10.7 Å². The van der Waals surface area contributed by atoms with Gasteiger partial charge in [0.1, 0.15) is 10.7 Å². The summed E-state index contributed by atoms with van der Waals surface area (Å²) in [5.74, 6) is -0.674. The van der Waals surface area contributed by atoms with E-state index >= 15 is 0 Å². The minimum absolute atomic E-state index is 0.0509. The minimum atomic E-state index is -0.545. The Morgan fingerprint density at radius 1 is 0.962 bits per heavy atom. The first kappa shape index (κ1) is 18.5. The second kappa shape index (κ2) is 7.14. The van der Waals surface area contributed by atoms with Gasteiger partial charge < -0.3 is 5.32 Å². The minimum Gasteiger partial charge on any atom is -0.349 e. The number of nitrogens with one attached hydrogen (secondary N) is 1. The molecule has 0 saturated carbocycles. The van der Waals surface area contributed by atoms with E-state index in [4.69, 9.17) is 23.2 Å². The number of aryl methyl sites for hydroxylation is 1. The number of hydrogen-bond acceptors (Lipinski definition) is 3. The summed E-state index contributed by atoms with van der Waals surface area (Å²) in [6.45, 7) is 6.03. The molecular formula is C20H18Cl2N2O2. The summed E-state index contributed by atoms with van der Waals surface area (Å²) in [5.41, 5.74) is 3.17. The Balaban J connectivity index is 1.91. The fraction of sp³-hybridized carbons (Fsp3) is 0.200. The molecule has 134 valence electrons. The lowest BCUT2D eigenvalue weighted by Crippen LogP contribution is -2.32. The molecule has 26 heavy (non-hydrogen) atoms. The van der Waals surface area contributed by atoms with Crippen LogP contribution in [0.1, 0.15) is 30.9 Å². The summed E-state index contributed by atoms with van der Waals surface area (Å²) < 4.78 is 0. The van der Waals surface area contributed by atoms with Gasteiger partial charge in [-0.25, -0.2) is 4.90 Å². The summed E-state index contributed by atoms with van der Waals surface area (Å²) in [4.78, 5) is 26.4. The van der Waals surface area contributed by atoms with Crippen molar-refractivity contribution in [3.8, 4) is 0 Å². The monoisotopic (exact) mass is 388 g/mol. The Bertz CT molecular complexity index is 918. The van der Waals surface area contributed by atoms with Crippen LogP contribution >= 0.6 is 23.2 Å². The van der Waals surface area contributed by atoms with E-state index in [1.165, 1.54) is 0 Å². The standard InChI is InChI=1S/C20H18Cl2N2O2/c1-11(2)13-5-8-15(9-6-13)24-19(25)17(22)18(20(24)26)23-16-10-14(21)7-4-12(16)3/h4-11,23H,1-3H3. The zero-order chi connectivity index (χ0) is 19.0. The molecule has 2 aromatic carbocycles. The molecule has 6 heteroatoms. The van der Waals surface area contributed by atoms with Gasteiger partial charge in [0.25, 0.3) is 11.8 Å². The van der Waals surface area contributed by atoms with Gasteiger partial charge in [0.15, 0.2) is 0 Å². The maximum Gasteiger partial charge on any atom is 0.283 e. The van der Waals surface area contributed by atoms with Crippen LogP contribution in [-0.4, -0.2) is 11.8 Å². The fourth-order valence-corrected chi connectivity index (χ4v) is 3.10. The SMILES string of the molecule is Cc1ccc(Cl)cc1NC1=C(Cl)C(=O)N(c2ccc(C(C)C)cc2)C1=O. The van der Waals surface area contributed by atoms with Gasteiger partial charge in [-0.2, -0.15) is 0 Å². The van der Waals surface area contributed by atoms with Crippen LogP contribution in [0.2, 0.25) is 5.02 Å². The van der Waals surface area contributed by atoms with Gasteiger partial charge in [0, 0.05) is 10.7 Å². The lowest BCUT2D eigenvalue weighted by molar-refractivity contribution is -0.120. The molecule has 1 heterocycles. The number of anilines is 2. The second-order valence-electron chi connectivity index (χ2n) is 6.47. The molecule has 0 fully saturated rings. The molecule has 0 unspecified atom stereocenters. The van der Waals surface area contributed by atoms with Crippen molar-refractivity contribution < 1.29 is 9.59 Å². The van der Waals surface area contributed by atoms with E-state index in [2.05, 4.69) is 19.2 Å². The summed E-state index contributed by atoms with van der Waals surface area (Å²) >= 11 is 12.2. The Kier molecular flexibility index (Phi) is 5.08. The quantitative estimate of drug-likeness (QED) is 0.731. The molecule has 0 bridgehead atoms. The van der Waals surface area contributed by atoms with Gasteiger partial charge in [0.2, 0.25) is 0 Å². The highest BCUT2D eigenvalue weighted by atomic mass is 35.5. The first-order valence-electron chi connectivity index (χ1n) is 8.21. The molecule has 0 saturated heterocycles. The Morgan fingerprint density at radius 2 is 1.62 bits per heavy atom. The van der Waals surface area contributed by atoms with Crippen LogP contribution in [0.5, 0.6) is 0 Å². The van der Waals surface area contributed by atoms with Crippen molar-refractivity contribution in [2.75, 3.05) is 10.2 Å². The van der Waals surface area contributed by atoms with Crippen molar-refractivity contribution in [3.63, 3.8) is 0 Å². The van der Waals surface area contributed by atoms with Crippen molar-refractivity contribution in [3.05, 3.63) is 69.3 Å². The normalized spacial score (nSPS) is 14.6. The number of carbonyl (C=O) groups excluding carboxylic acids is 2. The first-order valence-corrected chi connectivity index (χ1v) is 8.97. The summed E-state index contributed by atoms with van der Waals surface area (Å²) in [6.07, 6.45) is 0. The number of benzene rings is 2. The average Bonchev–Trinajstić information content (AvgIpc) is 2.81. The number of rotatable bonds is 4. The number of carbonyl (C=O) groups is 2. The van der Waals surface area contributed by atoms with Crippen LogP contribution in [0.25, 0.3) is 0 Å². The maximum atomic E-state index is 12.8. The third-order valence-electron chi connectivity index (χ3n) is 4.30. The number of halogens is 2. The van der Waals surface area contributed by atoms with Gasteiger partial charge in [-0.3, -0.25) is 9.59 Å². The molecular weight excluding hydrogens is 371 g/mol. The smallest absolute Gasteiger partial charge is 0.283 e. The van der Waals surface area contributed by atoms with Gasteiger partial charge in [-0.15, -0.1) is 0 Å². The van der Waals surface area contributed by atoms with Crippen LogP contribution in [-0.2, 0) is 9.59 Å². The van der Waals surface area contributed by atoms with Crippen LogP contribution in [0, 0.1) is 6.92 Å². The molecule has 1 aliphatic heterocycles. The van der Waals surface area contributed by atoms with Crippen molar-refractivity contribution in [1.82, 2.24) is 0 Å². The molecule has 4 nitrogen and oxygen atoms in total. The number of nitrogens with zero attached hydrogens (tertiary/aromatic N) is 1. The molecule has 0 spiro atoms. The largest absolute Gasteiger partial charge is 0.349 e. The molecule has 0 radical (unpaired) electrons. The van der Waals surface area contributed by atoms with E-state index in [9.17, 15) is 9.59 Å². The lowest BCUT2D eigenvalue weighted by Gasteiger charge is -2.16. The van der Waals surface area contributed by atoms with Gasteiger partial charge in [0.05, 0.1) is 5.69 Å². The van der Waals surface area contributed by atoms with Crippen LogP contribution < -0.4 is 10.2 Å². The molecule has 0 aromatic heterocycles. The Morgan fingerprint density at radius 3 is 2.23 bits per heavy atom. The zero-order valence-corrected chi connectivity index (χ0v) is 16.2. The van der Waals surface area contributed by atoms with Crippen molar-refractivity contribution >= 4 is 46.4 Å². The average molecular weight is 389 g/mol. The highest BCUT2D eigenvalue weighted by molar-refractivity contribution is 6.53. The van der Waals surface area contributed by atoms with Crippen LogP contribution in [0.4, 0.5) is 11.4 Å². The second-order valence-corrected chi connectivity index (χ2v) is 7.28. The molecule has 3 rings (SSSR count). The van der Waals surface area contributed by atoms with Crippen LogP contribution in [0.3, 0.4) is 0 Å². The topological polar surface area (TPSA) is 49.4 Å². The molecule has 1 N–H and O–H groups in total. The maximum absolute atomic E-state index is 12.8. The molecule has 0 aliphatic carbocycles. The number of amides is 2. The Labute approximate surface area is 162 Å². The van der Waals surface area contributed by atoms with E-state index in [0.29, 0.717) is 22.3 Å². The van der Waals surface area contributed by atoms with E-state index in [1.807, 2.05) is 25.1 Å². The third-order valence-corrected chi connectivity index (χ3v) is 4.89. The zero-order valence-electron chi connectivity index (χ0n) is 14.6. The third kappa shape index (κ3) is 3.35. The molecule has 0 atom stereocenters. The van der Waals surface area contributed by atoms with Crippen molar-refractivity contribution in [2.24, 2.45) is 0 Å². The lowest BCUT2D eigenvalue weighted by atomic mass is 10.0. The highest BCUT2D eigenvalue weighted by Gasteiger charge is 2.39. The Hall–Kier alpha value is -2.30. The van der Waals surface area contributed by atoms with Crippen molar-refractivity contribution in [2.45, 2.75) is 26.7 Å². The van der Waals surface area contributed by atoms with E-state index in [0.717, 1.165) is 16.0 Å². The number of hydrogen-bond donors (Lipinski definition) is 1. The predicted octanol–water partition coefficient (Wildman–Crippen LogP) is 5.21. The first-order chi connectivity index (χ1) is 12.3. The summed E-state index contributed by atoms with van der Waals surface area (Å²) in [6, 6.07) is 12.6. The van der Waals surface area contributed by atoms with E-state index in [1.54, 1.807) is 24.3 Å².